The highest BCUT2D eigenvalue weighted by molar-refractivity contribution is 7.98. The Labute approximate surface area is 119 Å². The van der Waals surface area contributed by atoms with E-state index >= 15 is 0 Å². The van der Waals surface area contributed by atoms with Gasteiger partial charge in [-0.2, -0.15) is 11.8 Å². The molecule has 1 aliphatic rings. The average Bonchev–Trinajstić information content (AvgIpc) is 2.38. The molecule has 0 aliphatic heterocycles. The maximum atomic E-state index is 12.1. The lowest BCUT2D eigenvalue weighted by Crippen LogP contribution is -2.51. The summed E-state index contributed by atoms with van der Waals surface area (Å²) >= 11 is 1.69. The van der Waals surface area contributed by atoms with Gasteiger partial charge in [0.15, 0.2) is 0 Å². The summed E-state index contributed by atoms with van der Waals surface area (Å²) in [6.45, 7) is 1.99. The van der Waals surface area contributed by atoms with Gasteiger partial charge < -0.3 is 15.3 Å². The molecule has 19 heavy (non-hydrogen) atoms. The summed E-state index contributed by atoms with van der Waals surface area (Å²) in [5.41, 5.74) is 0. The van der Waals surface area contributed by atoms with Gasteiger partial charge in [-0.15, -0.1) is 0 Å². The second-order valence-electron chi connectivity index (χ2n) is 5.20. The van der Waals surface area contributed by atoms with Crippen molar-refractivity contribution in [2.45, 2.75) is 44.7 Å². The topological polar surface area (TPSA) is 69.6 Å². The summed E-state index contributed by atoms with van der Waals surface area (Å²) in [5.74, 6) is -0.372. The molecule has 0 aromatic rings. The van der Waals surface area contributed by atoms with Gasteiger partial charge in [-0.05, 0) is 26.0 Å². The molecule has 1 rings (SSSR count). The Balaban J connectivity index is 2.56. The number of carboxylic acids is 1. The van der Waals surface area contributed by atoms with E-state index in [-0.39, 0.29) is 18.1 Å². The molecule has 2 N–H and O–H groups in total. The lowest BCUT2D eigenvalue weighted by Gasteiger charge is -2.32. The van der Waals surface area contributed by atoms with Crippen LogP contribution in [0.3, 0.4) is 0 Å². The van der Waals surface area contributed by atoms with Crippen molar-refractivity contribution in [2.24, 2.45) is 5.92 Å². The van der Waals surface area contributed by atoms with Crippen LogP contribution in [-0.2, 0) is 4.79 Å². The molecule has 3 atom stereocenters. The van der Waals surface area contributed by atoms with Crippen LogP contribution in [0.5, 0.6) is 0 Å². The van der Waals surface area contributed by atoms with Gasteiger partial charge in [0, 0.05) is 24.9 Å². The number of thioether (sulfide) groups is 1. The fraction of sp³-hybridized carbons (Fsp3) is 0.846. The predicted octanol–water partition coefficient (Wildman–Crippen LogP) is 2.02. The SMILES string of the molecule is CSCC(C)N(C)C(=O)NC1CCCCC1C(=O)O. The molecule has 0 spiro atoms. The quantitative estimate of drug-likeness (QED) is 0.812. The molecule has 0 aromatic carbocycles. The zero-order valence-electron chi connectivity index (χ0n) is 11.9. The molecule has 6 heteroatoms. The molecule has 5 nitrogen and oxygen atoms in total. The predicted molar refractivity (Wildman–Crippen MR) is 77.5 cm³/mol. The number of amides is 2. The van der Waals surface area contributed by atoms with Crippen LogP contribution in [0.2, 0.25) is 0 Å². The molecule has 1 fully saturated rings. The summed E-state index contributed by atoms with van der Waals surface area (Å²) in [7, 11) is 1.76. The van der Waals surface area contributed by atoms with Gasteiger partial charge in [0.2, 0.25) is 0 Å². The van der Waals surface area contributed by atoms with E-state index < -0.39 is 11.9 Å². The van der Waals surface area contributed by atoms with E-state index in [9.17, 15) is 14.7 Å². The van der Waals surface area contributed by atoms with Crippen molar-refractivity contribution in [2.75, 3.05) is 19.1 Å². The zero-order valence-corrected chi connectivity index (χ0v) is 12.7. The van der Waals surface area contributed by atoms with Crippen molar-refractivity contribution in [3.8, 4) is 0 Å². The van der Waals surface area contributed by atoms with Crippen LogP contribution in [0.25, 0.3) is 0 Å². The molecular weight excluding hydrogens is 264 g/mol. The standard InChI is InChI=1S/C13H24N2O3S/c1-9(8-19-3)15(2)13(18)14-11-7-5-4-6-10(11)12(16)17/h9-11H,4-8H2,1-3H3,(H,14,18)(H,16,17). The number of nitrogens with one attached hydrogen (secondary N) is 1. The Bertz CT molecular complexity index is 325. The minimum Gasteiger partial charge on any atom is -0.481 e. The molecule has 110 valence electrons. The molecule has 0 heterocycles. The van der Waals surface area contributed by atoms with Crippen LogP contribution < -0.4 is 5.32 Å². The first-order valence-electron chi connectivity index (χ1n) is 6.72. The number of hydrogen-bond donors (Lipinski definition) is 2. The van der Waals surface area contributed by atoms with Gasteiger partial charge in [0.25, 0.3) is 0 Å². The first-order chi connectivity index (χ1) is 8.97. The summed E-state index contributed by atoms with van der Waals surface area (Å²) in [6, 6.07) is -0.260. The summed E-state index contributed by atoms with van der Waals surface area (Å²) in [6.07, 6.45) is 5.34. The largest absolute Gasteiger partial charge is 0.481 e. The Hall–Kier alpha value is -0.910. The number of carbonyl (C=O) groups is 2. The van der Waals surface area contributed by atoms with Crippen LogP contribution in [0.4, 0.5) is 4.79 Å². The van der Waals surface area contributed by atoms with E-state index in [1.54, 1.807) is 23.7 Å². The van der Waals surface area contributed by atoms with E-state index in [0.717, 1.165) is 25.0 Å². The number of hydrogen-bond acceptors (Lipinski definition) is 3. The first-order valence-corrected chi connectivity index (χ1v) is 8.11. The van der Waals surface area contributed by atoms with Crippen LogP contribution in [-0.4, -0.2) is 53.1 Å². The second-order valence-corrected chi connectivity index (χ2v) is 6.11. The van der Waals surface area contributed by atoms with Crippen molar-refractivity contribution < 1.29 is 14.7 Å². The molecular formula is C13H24N2O3S. The minimum atomic E-state index is -0.801. The number of aliphatic carboxylic acids is 1. The third-order valence-corrected chi connectivity index (χ3v) is 4.60. The van der Waals surface area contributed by atoms with E-state index in [0.29, 0.717) is 6.42 Å². The van der Waals surface area contributed by atoms with E-state index in [1.165, 1.54) is 0 Å². The molecule has 0 radical (unpaired) electrons. The number of urea groups is 1. The van der Waals surface area contributed by atoms with Crippen LogP contribution >= 0.6 is 11.8 Å². The Morgan fingerprint density at radius 3 is 2.63 bits per heavy atom. The van der Waals surface area contributed by atoms with Gasteiger partial charge in [-0.3, -0.25) is 4.79 Å². The van der Waals surface area contributed by atoms with E-state index in [4.69, 9.17) is 0 Å². The molecule has 0 saturated heterocycles. The van der Waals surface area contributed by atoms with Crippen molar-refractivity contribution >= 4 is 23.8 Å². The van der Waals surface area contributed by atoms with Crippen molar-refractivity contribution in [1.82, 2.24) is 10.2 Å². The average molecular weight is 288 g/mol. The summed E-state index contributed by atoms with van der Waals surface area (Å²) in [4.78, 5) is 24.9. The third-order valence-electron chi connectivity index (χ3n) is 3.78. The summed E-state index contributed by atoms with van der Waals surface area (Å²) < 4.78 is 0. The maximum Gasteiger partial charge on any atom is 0.317 e. The number of carbonyl (C=O) groups excluding carboxylic acids is 1. The number of carboxylic acid groups (broad SMARTS) is 1. The highest BCUT2D eigenvalue weighted by Gasteiger charge is 2.32. The molecule has 3 unspecified atom stereocenters. The third kappa shape index (κ3) is 4.60. The normalized spacial score (nSPS) is 24.6. The van der Waals surface area contributed by atoms with Crippen molar-refractivity contribution in [3.63, 3.8) is 0 Å². The van der Waals surface area contributed by atoms with Gasteiger partial charge in [-0.25, -0.2) is 4.79 Å². The smallest absolute Gasteiger partial charge is 0.317 e. The Morgan fingerprint density at radius 2 is 2.05 bits per heavy atom. The highest BCUT2D eigenvalue weighted by atomic mass is 32.2. The van der Waals surface area contributed by atoms with Crippen LogP contribution in [0, 0.1) is 5.92 Å². The number of nitrogens with zero attached hydrogens (tertiary/aromatic N) is 1. The lowest BCUT2D eigenvalue weighted by atomic mass is 9.84. The highest BCUT2D eigenvalue weighted by Crippen LogP contribution is 2.24. The van der Waals surface area contributed by atoms with E-state index in [2.05, 4.69) is 5.32 Å². The van der Waals surface area contributed by atoms with Crippen molar-refractivity contribution in [1.29, 1.82) is 0 Å². The maximum absolute atomic E-state index is 12.1. The summed E-state index contributed by atoms with van der Waals surface area (Å²) in [5, 5.41) is 12.1. The molecule has 1 saturated carbocycles. The minimum absolute atomic E-state index is 0.141. The van der Waals surface area contributed by atoms with Gasteiger partial charge in [-0.1, -0.05) is 12.8 Å². The fourth-order valence-corrected chi connectivity index (χ4v) is 3.12. The zero-order chi connectivity index (χ0) is 14.4. The Kier molecular flexibility index (Phi) is 6.48. The monoisotopic (exact) mass is 288 g/mol. The lowest BCUT2D eigenvalue weighted by molar-refractivity contribution is -0.143. The molecule has 0 bridgehead atoms. The fourth-order valence-electron chi connectivity index (χ4n) is 2.41. The molecule has 2 amide bonds. The first kappa shape index (κ1) is 16.1. The van der Waals surface area contributed by atoms with Crippen molar-refractivity contribution in [3.05, 3.63) is 0 Å². The van der Waals surface area contributed by atoms with Crippen LogP contribution in [0.1, 0.15) is 32.6 Å². The van der Waals surface area contributed by atoms with Gasteiger partial charge in [0.1, 0.15) is 0 Å². The van der Waals surface area contributed by atoms with Gasteiger partial charge in [0.05, 0.1) is 5.92 Å². The molecule has 0 aromatic heterocycles. The second kappa shape index (κ2) is 7.62. The van der Waals surface area contributed by atoms with Gasteiger partial charge >= 0.3 is 12.0 Å². The van der Waals surface area contributed by atoms with E-state index in [1.807, 2.05) is 13.2 Å². The number of rotatable bonds is 5. The Morgan fingerprint density at radius 1 is 1.42 bits per heavy atom. The molecule has 1 aliphatic carbocycles. The van der Waals surface area contributed by atoms with Crippen LogP contribution in [0.15, 0.2) is 0 Å².